The number of benzene rings is 2. The molecule has 6 heteroatoms. The SMILES string of the molecule is Cc1c(C(C)C)cc(CC(F)(F)c2cccc(C(C)C)c2F)cc1C(F)(F)F. The maximum Gasteiger partial charge on any atom is 0.416 e. The fourth-order valence-electron chi connectivity index (χ4n) is 3.42. The summed E-state index contributed by atoms with van der Waals surface area (Å²) in [7, 11) is 0. The van der Waals surface area contributed by atoms with Crippen molar-refractivity contribution in [2.45, 2.75) is 65.0 Å². The molecule has 0 aliphatic rings. The van der Waals surface area contributed by atoms with Gasteiger partial charge in [-0.25, -0.2) is 13.2 Å². The van der Waals surface area contributed by atoms with Crippen molar-refractivity contribution in [2.75, 3.05) is 0 Å². The van der Waals surface area contributed by atoms with Gasteiger partial charge in [-0.2, -0.15) is 13.2 Å². The van der Waals surface area contributed by atoms with Crippen LogP contribution in [-0.4, -0.2) is 0 Å². The highest BCUT2D eigenvalue weighted by molar-refractivity contribution is 5.43. The van der Waals surface area contributed by atoms with E-state index in [0.717, 1.165) is 12.1 Å². The van der Waals surface area contributed by atoms with Gasteiger partial charge in [0.2, 0.25) is 0 Å². The van der Waals surface area contributed by atoms with Crippen LogP contribution < -0.4 is 0 Å². The van der Waals surface area contributed by atoms with Crippen LogP contribution in [-0.2, 0) is 18.5 Å². The summed E-state index contributed by atoms with van der Waals surface area (Å²) in [6.45, 7) is 8.12. The van der Waals surface area contributed by atoms with Gasteiger partial charge >= 0.3 is 6.18 Å². The predicted molar refractivity (Wildman–Crippen MR) is 98.4 cm³/mol. The molecule has 154 valence electrons. The van der Waals surface area contributed by atoms with Crippen molar-refractivity contribution in [3.8, 4) is 0 Å². The summed E-state index contributed by atoms with van der Waals surface area (Å²) in [4.78, 5) is 0. The number of hydrogen-bond donors (Lipinski definition) is 0. The van der Waals surface area contributed by atoms with E-state index in [1.165, 1.54) is 25.1 Å². The van der Waals surface area contributed by atoms with Gasteiger partial charge < -0.3 is 0 Å². The number of alkyl halides is 5. The molecule has 0 heterocycles. The normalized spacial score (nSPS) is 12.9. The molecule has 0 amide bonds. The Hall–Kier alpha value is -1.98. The predicted octanol–water partition coefficient (Wildman–Crippen LogP) is 7.73. The van der Waals surface area contributed by atoms with Gasteiger partial charge in [-0.05, 0) is 47.1 Å². The van der Waals surface area contributed by atoms with Crippen LogP contribution in [0.25, 0.3) is 0 Å². The van der Waals surface area contributed by atoms with E-state index in [1.807, 2.05) is 0 Å². The van der Waals surface area contributed by atoms with E-state index < -0.39 is 35.5 Å². The quantitative estimate of drug-likeness (QED) is 0.449. The maximum absolute atomic E-state index is 14.9. The molecular weight excluding hydrogens is 378 g/mol. The minimum atomic E-state index is -4.65. The average molecular weight is 402 g/mol. The molecule has 0 aromatic heterocycles. The van der Waals surface area contributed by atoms with Crippen LogP contribution in [0.3, 0.4) is 0 Å². The molecule has 2 aromatic rings. The van der Waals surface area contributed by atoms with E-state index in [0.29, 0.717) is 5.56 Å². The van der Waals surface area contributed by atoms with Crippen molar-refractivity contribution in [2.24, 2.45) is 0 Å². The van der Waals surface area contributed by atoms with Crippen LogP contribution in [0.15, 0.2) is 30.3 Å². The zero-order chi connectivity index (χ0) is 21.4. The van der Waals surface area contributed by atoms with Crippen LogP contribution in [0.4, 0.5) is 26.3 Å². The molecule has 0 spiro atoms. The summed E-state index contributed by atoms with van der Waals surface area (Å²) in [6.07, 6.45) is -5.66. The molecule has 0 aliphatic carbocycles. The Bertz CT molecular complexity index is 847. The molecule has 0 saturated carbocycles. The molecule has 0 aliphatic heterocycles. The van der Waals surface area contributed by atoms with Crippen LogP contribution in [0.2, 0.25) is 0 Å². The van der Waals surface area contributed by atoms with Gasteiger partial charge in [-0.3, -0.25) is 0 Å². The first-order valence-corrected chi connectivity index (χ1v) is 9.13. The van der Waals surface area contributed by atoms with Crippen molar-refractivity contribution < 1.29 is 26.3 Å². The van der Waals surface area contributed by atoms with Gasteiger partial charge in [0.05, 0.1) is 11.1 Å². The highest BCUT2D eigenvalue weighted by Crippen LogP contribution is 2.40. The lowest BCUT2D eigenvalue weighted by atomic mass is 9.88. The fraction of sp³-hybridized carbons (Fsp3) is 0.455. The average Bonchev–Trinajstić information content (AvgIpc) is 2.54. The summed E-state index contributed by atoms with van der Waals surface area (Å²) in [5.74, 6) is -5.20. The second-order valence-electron chi connectivity index (χ2n) is 7.75. The number of rotatable bonds is 5. The molecule has 0 radical (unpaired) electrons. The molecule has 2 aromatic carbocycles. The molecule has 0 atom stereocenters. The molecule has 0 fully saturated rings. The van der Waals surface area contributed by atoms with Crippen molar-refractivity contribution >= 4 is 0 Å². The van der Waals surface area contributed by atoms with Crippen LogP contribution in [0.5, 0.6) is 0 Å². The molecular formula is C22H24F6. The Morgan fingerprint density at radius 3 is 1.89 bits per heavy atom. The fourth-order valence-corrected chi connectivity index (χ4v) is 3.42. The van der Waals surface area contributed by atoms with Gasteiger partial charge in [-0.1, -0.05) is 52.0 Å². The van der Waals surface area contributed by atoms with Crippen molar-refractivity contribution in [3.05, 3.63) is 69.5 Å². The monoisotopic (exact) mass is 402 g/mol. The first-order valence-electron chi connectivity index (χ1n) is 9.13. The molecule has 2 rings (SSSR count). The molecule has 0 nitrogen and oxygen atoms in total. The Labute approximate surface area is 161 Å². The molecule has 0 saturated heterocycles. The molecule has 0 N–H and O–H groups in total. The smallest absolute Gasteiger partial charge is 0.206 e. The van der Waals surface area contributed by atoms with E-state index in [1.54, 1.807) is 27.7 Å². The minimum Gasteiger partial charge on any atom is -0.206 e. The lowest BCUT2D eigenvalue weighted by molar-refractivity contribution is -0.138. The first-order chi connectivity index (χ1) is 12.8. The summed E-state index contributed by atoms with van der Waals surface area (Å²) in [5, 5.41) is 0. The first kappa shape index (κ1) is 22.3. The van der Waals surface area contributed by atoms with E-state index >= 15 is 0 Å². The van der Waals surface area contributed by atoms with Gasteiger partial charge in [0.15, 0.2) is 0 Å². The van der Waals surface area contributed by atoms with Crippen LogP contribution in [0.1, 0.15) is 72.9 Å². The second kappa shape index (κ2) is 7.80. The van der Waals surface area contributed by atoms with Crippen molar-refractivity contribution in [1.29, 1.82) is 0 Å². The highest BCUT2D eigenvalue weighted by Gasteiger charge is 2.38. The van der Waals surface area contributed by atoms with E-state index in [9.17, 15) is 26.3 Å². The third-order valence-corrected chi connectivity index (χ3v) is 4.91. The third kappa shape index (κ3) is 4.53. The largest absolute Gasteiger partial charge is 0.416 e. The minimum absolute atomic E-state index is 0.0301. The molecule has 0 bridgehead atoms. The highest BCUT2D eigenvalue weighted by atomic mass is 19.4. The van der Waals surface area contributed by atoms with Gasteiger partial charge in [0, 0.05) is 6.42 Å². The van der Waals surface area contributed by atoms with E-state index in [-0.39, 0.29) is 28.5 Å². The lowest BCUT2D eigenvalue weighted by Crippen LogP contribution is -2.21. The topological polar surface area (TPSA) is 0 Å². The van der Waals surface area contributed by atoms with Gasteiger partial charge in [0.25, 0.3) is 5.92 Å². The molecule has 0 unspecified atom stereocenters. The maximum atomic E-state index is 14.9. The standard InChI is InChI=1S/C22H24F6/c1-12(2)16-7-6-8-18(20(16)23)21(24,25)11-15-9-17(13(3)4)14(5)19(10-15)22(26,27)28/h6-10,12-13H,11H2,1-5H3. The Morgan fingerprint density at radius 1 is 0.821 bits per heavy atom. The molecule has 28 heavy (non-hydrogen) atoms. The zero-order valence-electron chi connectivity index (χ0n) is 16.5. The van der Waals surface area contributed by atoms with Gasteiger partial charge in [-0.15, -0.1) is 0 Å². The van der Waals surface area contributed by atoms with E-state index in [4.69, 9.17) is 0 Å². The van der Waals surface area contributed by atoms with Crippen molar-refractivity contribution in [1.82, 2.24) is 0 Å². The number of halogens is 6. The summed E-state index contributed by atoms with van der Waals surface area (Å²) in [5.41, 5.74) is -1.35. The third-order valence-electron chi connectivity index (χ3n) is 4.91. The van der Waals surface area contributed by atoms with Crippen LogP contribution in [0, 0.1) is 12.7 Å². The van der Waals surface area contributed by atoms with Crippen molar-refractivity contribution in [3.63, 3.8) is 0 Å². The zero-order valence-corrected chi connectivity index (χ0v) is 16.5. The summed E-state index contributed by atoms with van der Waals surface area (Å²) < 4.78 is 84.5. The lowest BCUT2D eigenvalue weighted by Gasteiger charge is -2.23. The van der Waals surface area contributed by atoms with Crippen LogP contribution >= 0.6 is 0 Å². The summed E-state index contributed by atoms with van der Waals surface area (Å²) in [6, 6.07) is 5.89. The summed E-state index contributed by atoms with van der Waals surface area (Å²) >= 11 is 0. The van der Waals surface area contributed by atoms with E-state index in [2.05, 4.69) is 0 Å². The Balaban J connectivity index is 2.55. The van der Waals surface area contributed by atoms with Gasteiger partial charge in [0.1, 0.15) is 5.82 Å². The Kier molecular flexibility index (Phi) is 6.22. The Morgan fingerprint density at radius 2 is 1.39 bits per heavy atom. The second-order valence-corrected chi connectivity index (χ2v) is 7.75. The number of hydrogen-bond acceptors (Lipinski definition) is 0.